The zero-order valence-electron chi connectivity index (χ0n) is 20.0. The Morgan fingerprint density at radius 2 is 2.09 bits per heavy atom. The molecule has 182 valence electrons. The number of ether oxygens (including phenoxy) is 2. The van der Waals surface area contributed by atoms with Gasteiger partial charge in [-0.25, -0.2) is 24.3 Å². The van der Waals surface area contributed by atoms with Crippen LogP contribution in [0.1, 0.15) is 25.7 Å². The van der Waals surface area contributed by atoms with Gasteiger partial charge in [0.25, 0.3) is 0 Å². The first-order chi connectivity index (χ1) is 17.0. The third kappa shape index (κ3) is 5.08. The number of hydrogen-bond acceptors (Lipinski definition) is 8. The molecular weight excluding hydrogens is 449 g/mol. The van der Waals surface area contributed by atoms with Crippen LogP contribution in [0.5, 0.6) is 5.75 Å². The van der Waals surface area contributed by atoms with Crippen molar-refractivity contribution in [3.8, 4) is 17.0 Å². The highest BCUT2D eigenvalue weighted by molar-refractivity contribution is 5.82. The van der Waals surface area contributed by atoms with Gasteiger partial charge in [0.15, 0.2) is 5.82 Å². The molecule has 1 fully saturated rings. The van der Waals surface area contributed by atoms with Gasteiger partial charge in [-0.2, -0.15) is 0 Å². The van der Waals surface area contributed by atoms with Crippen LogP contribution in [-0.2, 0) is 4.74 Å². The molecule has 1 atom stereocenters. The van der Waals surface area contributed by atoms with Crippen LogP contribution in [-0.4, -0.2) is 56.9 Å². The second-order valence-electron chi connectivity index (χ2n) is 8.76. The Bertz CT molecular complexity index is 1320. The smallest absolute Gasteiger partial charge is 0.229 e. The van der Waals surface area contributed by atoms with E-state index in [1.54, 1.807) is 12.3 Å². The highest BCUT2D eigenvalue weighted by Crippen LogP contribution is 2.28. The Kier molecular flexibility index (Phi) is 6.56. The SMILES string of the molecule is Cc1nc2ccc(-c3nc(Nc4ccc(OC[C@H]5COCCN5)cn4)ncc3F)cc2n1C(C)C. The molecule has 1 saturated heterocycles. The summed E-state index contributed by atoms with van der Waals surface area (Å²) in [7, 11) is 0. The minimum atomic E-state index is -0.501. The summed E-state index contributed by atoms with van der Waals surface area (Å²) in [6.07, 6.45) is 2.79. The van der Waals surface area contributed by atoms with Crippen molar-refractivity contribution in [1.29, 1.82) is 0 Å². The number of rotatable bonds is 7. The van der Waals surface area contributed by atoms with Crippen molar-refractivity contribution in [3.63, 3.8) is 0 Å². The average Bonchev–Trinajstić information content (AvgIpc) is 3.20. The van der Waals surface area contributed by atoms with E-state index >= 15 is 0 Å². The van der Waals surface area contributed by atoms with Crippen molar-refractivity contribution >= 4 is 22.8 Å². The maximum atomic E-state index is 14.7. The number of halogens is 1. The van der Waals surface area contributed by atoms with E-state index in [0.717, 1.165) is 36.2 Å². The lowest BCUT2D eigenvalue weighted by Gasteiger charge is -2.23. The molecule has 1 aromatic carbocycles. The fraction of sp³-hybridized carbons (Fsp3) is 0.360. The van der Waals surface area contributed by atoms with Gasteiger partial charge in [-0.15, -0.1) is 0 Å². The summed E-state index contributed by atoms with van der Waals surface area (Å²) in [4.78, 5) is 17.5. The van der Waals surface area contributed by atoms with E-state index in [2.05, 4.69) is 49.0 Å². The molecule has 9 nitrogen and oxygen atoms in total. The maximum absolute atomic E-state index is 14.7. The quantitative estimate of drug-likeness (QED) is 0.412. The standard InChI is InChI=1S/C25H28FN7O2/c1-15(2)33-16(3)30-21-6-4-17(10-22(21)33)24-20(26)12-29-25(32-24)31-23-7-5-19(11-28-23)35-14-18-13-34-9-8-27-18/h4-7,10-12,15,18,27H,8-9,13-14H2,1-3H3,(H,28,29,31,32)/t18-/m1/s1. The second kappa shape index (κ2) is 9.93. The number of benzene rings is 1. The molecule has 5 rings (SSSR count). The van der Waals surface area contributed by atoms with Crippen LogP contribution in [0.4, 0.5) is 16.2 Å². The molecule has 35 heavy (non-hydrogen) atoms. The van der Waals surface area contributed by atoms with Crippen LogP contribution in [0.3, 0.4) is 0 Å². The Morgan fingerprint density at radius 3 is 2.83 bits per heavy atom. The highest BCUT2D eigenvalue weighted by Gasteiger charge is 2.16. The number of imidazole rings is 1. The molecule has 1 aliphatic heterocycles. The summed E-state index contributed by atoms with van der Waals surface area (Å²) >= 11 is 0. The van der Waals surface area contributed by atoms with Crippen molar-refractivity contribution in [3.05, 3.63) is 54.4 Å². The molecule has 0 unspecified atom stereocenters. The zero-order valence-corrected chi connectivity index (χ0v) is 20.0. The van der Waals surface area contributed by atoms with Gasteiger partial charge in [0.05, 0.1) is 42.7 Å². The van der Waals surface area contributed by atoms with Crippen LogP contribution in [0, 0.1) is 12.7 Å². The van der Waals surface area contributed by atoms with Crippen LogP contribution in [0.25, 0.3) is 22.3 Å². The number of aromatic nitrogens is 5. The number of anilines is 2. The Morgan fingerprint density at radius 1 is 1.20 bits per heavy atom. The minimum absolute atomic E-state index is 0.162. The normalized spacial score (nSPS) is 16.1. The van der Waals surface area contributed by atoms with Crippen LogP contribution in [0.15, 0.2) is 42.7 Å². The van der Waals surface area contributed by atoms with E-state index in [-0.39, 0.29) is 23.7 Å². The fourth-order valence-corrected chi connectivity index (χ4v) is 4.22. The summed E-state index contributed by atoms with van der Waals surface area (Å²) in [5.41, 5.74) is 2.67. The van der Waals surface area contributed by atoms with Gasteiger partial charge in [-0.05, 0) is 45.0 Å². The van der Waals surface area contributed by atoms with Gasteiger partial charge in [-0.1, -0.05) is 6.07 Å². The topological polar surface area (TPSA) is 99.0 Å². The van der Waals surface area contributed by atoms with Crippen molar-refractivity contribution in [2.75, 3.05) is 31.7 Å². The lowest BCUT2D eigenvalue weighted by Crippen LogP contribution is -2.44. The number of morpholine rings is 1. The molecule has 0 bridgehead atoms. The molecule has 0 saturated carbocycles. The molecule has 10 heteroatoms. The van der Waals surface area contributed by atoms with Crippen molar-refractivity contribution in [2.24, 2.45) is 0 Å². The summed E-state index contributed by atoms with van der Waals surface area (Å²) in [6, 6.07) is 9.60. The predicted molar refractivity (Wildman–Crippen MR) is 131 cm³/mol. The lowest BCUT2D eigenvalue weighted by molar-refractivity contribution is 0.0592. The monoisotopic (exact) mass is 477 g/mol. The summed E-state index contributed by atoms with van der Waals surface area (Å²) in [6.45, 7) is 8.84. The number of nitrogens with one attached hydrogen (secondary N) is 2. The molecule has 1 aliphatic rings. The molecule has 3 aromatic heterocycles. The van der Waals surface area contributed by atoms with E-state index < -0.39 is 5.82 Å². The van der Waals surface area contributed by atoms with E-state index in [1.807, 2.05) is 31.2 Å². The van der Waals surface area contributed by atoms with E-state index in [0.29, 0.717) is 30.3 Å². The summed E-state index contributed by atoms with van der Waals surface area (Å²) in [5.74, 6) is 1.84. The summed E-state index contributed by atoms with van der Waals surface area (Å²) in [5, 5.41) is 6.38. The Balaban J connectivity index is 1.33. The van der Waals surface area contributed by atoms with Gasteiger partial charge in [0.2, 0.25) is 5.95 Å². The maximum Gasteiger partial charge on any atom is 0.229 e. The average molecular weight is 478 g/mol. The van der Waals surface area contributed by atoms with Gasteiger partial charge in [-0.3, -0.25) is 0 Å². The Hall–Kier alpha value is -3.63. The van der Waals surface area contributed by atoms with Crippen LogP contribution in [0.2, 0.25) is 0 Å². The summed E-state index contributed by atoms with van der Waals surface area (Å²) < 4.78 is 28.1. The lowest BCUT2D eigenvalue weighted by atomic mass is 10.1. The van der Waals surface area contributed by atoms with Crippen molar-refractivity contribution in [2.45, 2.75) is 32.9 Å². The molecular formula is C25H28FN7O2. The fourth-order valence-electron chi connectivity index (χ4n) is 4.22. The number of nitrogens with zero attached hydrogens (tertiary/aromatic N) is 5. The molecule has 0 amide bonds. The highest BCUT2D eigenvalue weighted by atomic mass is 19.1. The van der Waals surface area contributed by atoms with Crippen molar-refractivity contribution in [1.82, 2.24) is 29.8 Å². The molecule has 2 N–H and O–H groups in total. The largest absolute Gasteiger partial charge is 0.490 e. The van der Waals surface area contributed by atoms with Gasteiger partial charge < -0.3 is 24.7 Å². The second-order valence-corrected chi connectivity index (χ2v) is 8.76. The molecule has 4 aromatic rings. The van der Waals surface area contributed by atoms with Crippen molar-refractivity contribution < 1.29 is 13.9 Å². The minimum Gasteiger partial charge on any atom is -0.490 e. The first-order valence-electron chi connectivity index (χ1n) is 11.7. The number of aryl methyl sites for hydroxylation is 1. The number of pyridine rings is 1. The van der Waals surface area contributed by atoms with Gasteiger partial charge >= 0.3 is 0 Å². The molecule has 0 spiro atoms. The van der Waals surface area contributed by atoms with E-state index in [4.69, 9.17) is 9.47 Å². The van der Waals surface area contributed by atoms with Crippen LogP contribution < -0.4 is 15.4 Å². The molecule has 4 heterocycles. The molecule has 0 aliphatic carbocycles. The zero-order chi connectivity index (χ0) is 24.4. The van der Waals surface area contributed by atoms with Gasteiger partial charge in [0, 0.05) is 18.2 Å². The first-order valence-corrected chi connectivity index (χ1v) is 11.7. The third-order valence-corrected chi connectivity index (χ3v) is 5.83. The predicted octanol–water partition coefficient (Wildman–Crippen LogP) is 4.03. The van der Waals surface area contributed by atoms with E-state index in [1.165, 1.54) is 0 Å². The third-order valence-electron chi connectivity index (χ3n) is 5.83. The van der Waals surface area contributed by atoms with Crippen LogP contribution >= 0.6 is 0 Å². The number of fused-ring (bicyclic) bond motifs is 1. The number of hydrogen-bond donors (Lipinski definition) is 2. The Labute approximate surface area is 202 Å². The van der Waals surface area contributed by atoms with E-state index in [9.17, 15) is 4.39 Å². The first kappa shape index (κ1) is 23.1. The molecule has 0 radical (unpaired) electrons. The van der Waals surface area contributed by atoms with Gasteiger partial charge in [0.1, 0.15) is 29.7 Å².